The van der Waals surface area contributed by atoms with Crippen molar-refractivity contribution in [2.75, 3.05) is 7.05 Å². The second-order valence-electron chi connectivity index (χ2n) is 7.94. The van der Waals surface area contributed by atoms with Gasteiger partial charge in [0.2, 0.25) is 0 Å². The van der Waals surface area contributed by atoms with Crippen LogP contribution in [0, 0.1) is 11.3 Å². The zero-order valence-corrected chi connectivity index (χ0v) is 14.3. The fourth-order valence-electron chi connectivity index (χ4n) is 4.34. The molecule has 2 bridgehead atoms. The summed E-state index contributed by atoms with van der Waals surface area (Å²) in [4.78, 5) is 7.21. The summed E-state index contributed by atoms with van der Waals surface area (Å²) in [6, 6.07) is 3.03. The molecule has 2 heteroatoms. The van der Waals surface area contributed by atoms with Crippen LogP contribution in [-0.2, 0) is 13.0 Å². The van der Waals surface area contributed by atoms with Crippen LogP contribution in [0.15, 0.2) is 12.3 Å². The van der Waals surface area contributed by atoms with Gasteiger partial charge in [0.25, 0.3) is 0 Å². The Morgan fingerprint density at radius 3 is 2.86 bits per heavy atom. The molecule has 0 N–H and O–H groups in total. The molecule has 3 aliphatic rings. The minimum absolute atomic E-state index is 0.503. The van der Waals surface area contributed by atoms with Crippen molar-refractivity contribution in [3.8, 4) is 0 Å². The first-order valence-electron chi connectivity index (χ1n) is 8.61. The normalized spacial score (nSPS) is 27.1. The van der Waals surface area contributed by atoms with Crippen LogP contribution in [0.4, 0.5) is 0 Å². The summed E-state index contributed by atoms with van der Waals surface area (Å²) in [5.41, 5.74) is 4.87. The van der Waals surface area contributed by atoms with Gasteiger partial charge in [-0.05, 0) is 67.7 Å². The van der Waals surface area contributed by atoms with Crippen LogP contribution in [0.25, 0.3) is 0 Å². The minimum Gasteiger partial charge on any atom is -0.298 e. The molecule has 1 aromatic rings. The molecule has 1 saturated carbocycles. The summed E-state index contributed by atoms with van der Waals surface area (Å²) in [5.74, 6) is 1.64. The Morgan fingerprint density at radius 2 is 2.19 bits per heavy atom. The maximum absolute atomic E-state index is 4.77. The van der Waals surface area contributed by atoms with Crippen molar-refractivity contribution in [1.82, 2.24) is 9.88 Å². The largest absolute Gasteiger partial charge is 0.298 e. The van der Waals surface area contributed by atoms with Crippen LogP contribution in [0.2, 0.25) is 0 Å². The summed E-state index contributed by atoms with van der Waals surface area (Å²) in [5, 5.41) is 0. The molecule has 0 saturated heterocycles. The van der Waals surface area contributed by atoms with Crippen LogP contribution in [0.3, 0.4) is 0 Å². The third-order valence-corrected chi connectivity index (χ3v) is 6.26. The van der Waals surface area contributed by atoms with E-state index in [2.05, 4.69) is 51.9 Å². The van der Waals surface area contributed by atoms with Crippen molar-refractivity contribution < 1.29 is 0 Å². The molecular weight excluding hydrogens is 256 g/mol. The van der Waals surface area contributed by atoms with E-state index in [4.69, 9.17) is 4.98 Å². The van der Waals surface area contributed by atoms with Gasteiger partial charge in [-0.25, -0.2) is 0 Å². The smallest absolute Gasteiger partial charge is 0.0546 e. The summed E-state index contributed by atoms with van der Waals surface area (Å²) in [6.45, 7) is 10.4. The molecule has 0 spiro atoms. The quantitative estimate of drug-likeness (QED) is 0.798. The predicted octanol–water partition coefficient (Wildman–Crippen LogP) is 4.39. The first-order valence-corrected chi connectivity index (χ1v) is 8.61. The average molecular weight is 286 g/mol. The third kappa shape index (κ3) is 2.52. The number of hydrogen-bond acceptors (Lipinski definition) is 2. The Hall–Kier alpha value is -0.890. The molecule has 0 aromatic carbocycles. The lowest BCUT2D eigenvalue weighted by atomic mass is 9.48. The average Bonchev–Trinajstić information content (AvgIpc) is 2.46. The van der Waals surface area contributed by atoms with E-state index in [1.165, 1.54) is 36.9 Å². The minimum atomic E-state index is 0.503. The van der Waals surface area contributed by atoms with Crippen molar-refractivity contribution >= 4 is 0 Å². The summed E-state index contributed by atoms with van der Waals surface area (Å²) in [6.07, 6.45) is 7.35. The fourth-order valence-corrected chi connectivity index (χ4v) is 4.34. The zero-order chi connectivity index (χ0) is 15.2. The van der Waals surface area contributed by atoms with E-state index >= 15 is 0 Å². The molecule has 0 amide bonds. The topological polar surface area (TPSA) is 16.1 Å². The van der Waals surface area contributed by atoms with Crippen molar-refractivity contribution in [1.29, 1.82) is 0 Å². The molecule has 1 fully saturated rings. The van der Waals surface area contributed by atoms with Crippen LogP contribution in [-0.4, -0.2) is 23.0 Å². The number of aromatic nitrogens is 1. The first kappa shape index (κ1) is 15.0. The van der Waals surface area contributed by atoms with Crippen LogP contribution < -0.4 is 0 Å². The van der Waals surface area contributed by atoms with Gasteiger partial charge >= 0.3 is 0 Å². The molecule has 116 valence electrons. The Labute approximate surface area is 130 Å². The SMILES string of the molecule is CCC[C@H](C)N(C)Cc1cc2c(cn1)C1CC(C2)C1(C)C. The Bertz CT molecular complexity index is 520. The Balaban J connectivity index is 1.73. The fraction of sp³-hybridized carbons (Fsp3) is 0.737. The maximum Gasteiger partial charge on any atom is 0.0546 e. The number of rotatable bonds is 5. The highest BCUT2D eigenvalue weighted by Crippen LogP contribution is 2.61. The van der Waals surface area contributed by atoms with Gasteiger partial charge in [0.15, 0.2) is 0 Å². The Kier molecular flexibility index (Phi) is 3.85. The molecule has 2 unspecified atom stereocenters. The highest BCUT2D eigenvalue weighted by Gasteiger charge is 2.52. The molecule has 3 atom stereocenters. The van der Waals surface area contributed by atoms with E-state index < -0.39 is 0 Å². The van der Waals surface area contributed by atoms with Crippen molar-refractivity contribution in [2.24, 2.45) is 11.3 Å². The van der Waals surface area contributed by atoms with Crippen molar-refractivity contribution in [3.05, 3.63) is 29.1 Å². The van der Waals surface area contributed by atoms with Gasteiger partial charge in [-0.1, -0.05) is 27.2 Å². The standard InChI is InChI=1S/C19H30N2/c1-6-7-13(2)21(5)12-16-9-14-8-15-10-18(19(15,3)4)17(14)11-20-16/h9,11,13,15,18H,6-8,10,12H2,1-5H3/t13-,15?,18?/m0/s1. The summed E-state index contributed by atoms with van der Waals surface area (Å²) in [7, 11) is 2.22. The zero-order valence-electron chi connectivity index (χ0n) is 14.3. The van der Waals surface area contributed by atoms with Gasteiger partial charge in [0.05, 0.1) is 5.69 Å². The lowest BCUT2D eigenvalue weighted by Gasteiger charge is -2.57. The highest BCUT2D eigenvalue weighted by atomic mass is 15.1. The molecule has 1 heterocycles. The predicted molar refractivity (Wildman–Crippen MR) is 88.4 cm³/mol. The van der Waals surface area contributed by atoms with Gasteiger partial charge in [0.1, 0.15) is 0 Å². The van der Waals surface area contributed by atoms with Crippen LogP contribution in [0.5, 0.6) is 0 Å². The number of hydrogen-bond donors (Lipinski definition) is 0. The van der Waals surface area contributed by atoms with E-state index in [1.54, 1.807) is 5.56 Å². The molecule has 2 nitrogen and oxygen atoms in total. The van der Waals surface area contributed by atoms with Gasteiger partial charge in [-0.15, -0.1) is 0 Å². The van der Waals surface area contributed by atoms with Crippen LogP contribution >= 0.6 is 0 Å². The number of pyridine rings is 1. The molecule has 4 rings (SSSR count). The highest BCUT2D eigenvalue weighted by molar-refractivity contribution is 5.39. The molecule has 1 aromatic heterocycles. The maximum atomic E-state index is 4.77. The van der Waals surface area contributed by atoms with Gasteiger partial charge in [-0.2, -0.15) is 0 Å². The first-order chi connectivity index (χ1) is 9.93. The van der Waals surface area contributed by atoms with Crippen molar-refractivity contribution in [3.63, 3.8) is 0 Å². The Morgan fingerprint density at radius 1 is 1.43 bits per heavy atom. The lowest BCUT2D eigenvalue weighted by Crippen LogP contribution is -2.48. The van der Waals surface area contributed by atoms with E-state index in [9.17, 15) is 0 Å². The summed E-state index contributed by atoms with van der Waals surface area (Å²) >= 11 is 0. The molecule has 21 heavy (non-hydrogen) atoms. The van der Waals surface area contributed by atoms with E-state index in [0.717, 1.165) is 18.4 Å². The monoisotopic (exact) mass is 286 g/mol. The van der Waals surface area contributed by atoms with Gasteiger partial charge in [0, 0.05) is 18.8 Å². The second-order valence-corrected chi connectivity index (χ2v) is 7.94. The third-order valence-electron chi connectivity index (χ3n) is 6.26. The van der Waals surface area contributed by atoms with Crippen molar-refractivity contribution in [2.45, 2.75) is 71.9 Å². The van der Waals surface area contributed by atoms with Crippen LogP contribution in [0.1, 0.15) is 69.7 Å². The molecule has 0 aliphatic heterocycles. The van der Waals surface area contributed by atoms with Gasteiger partial charge < -0.3 is 0 Å². The molecular formula is C19H30N2. The van der Waals surface area contributed by atoms with E-state index in [-0.39, 0.29) is 0 Å². The lowest BCUT2D eigenvalue weighted by molar-refractivity contribution is 0.0182. The second kappa shape index (κ2) is 5.39. The molecule has 3 aliphatic carbocycles. The summed E-state index contributed by atoms with van der Waals surface area (Å²) < 4.78 is 0. The van der Waals surface area contributed by atoms with Gasteiger partial charge in [-0.3, -0.25) is 9.88 Å². The number of nitrogens with zero attached hydrogens (tertiary/aromatic N) is 2. The van der Waals surface area contributed by atoms with E-state index in [0.29, 0.717) is 11.5 Å². The van der Waals surface area contributed by atoms with E-state index in [1.807, 2.05) is 0 Å². The molecule has 0 radical (unpaired) electrons.